The largest absolute Gasteiger partial charge is 0.146 e. The van der Waals surface area contributed by atoms with E-state index in [-0.39, 0.29) is 0 Å². The van der Waals surface area contributed by atoms with Crippen LogP contribution in [0.25, 0.3) is 33.4 Å². The van der Waals surface area contributed by atoms with E-state index >= 15 is 0 Å². The summed E-state index contributed by atoms with van der Waals surface area (Å²) in [6.07, 6.45) is 0. The molecule has 0 bridgehead atoms. The Balaban J connectivity index is 1.87. The first kappa shape index (κ1) is 31.8. The van der Waals surface area contributed by atoms with Crippen LogP contribution in [0.3, 0.4) is 0 Å². The second-order valence-electron chi connectivity index (χ2n) is 14.6. The molecule has 0 radical (unpaired) electrons. The van der Waals surface area contributed by atoms with Gasteiger partial charge in [0.25, 0.3) is 0 Å². The molecule has 5 rings (SSSR count). The molecule has 0 aliphatic heterocycles. The van der Waals surface area contributed by atoms with E-state index in [1.54, 1.807) is 0 Å². The molecular weight excluding hydrogens is 569 g/mol. The molecule has 2 aliphatic rings. The first-order valence-corrected chi connectivity index (χ1v) is 21.8. The first-order chi connectivity index (χ1) is 20.3. The van der Waals surface area contributed by atoms with Crippen LogP contribution in [0, 0.1) is 22.9 Å². The third-order valence-electron chi connectivity index (χ3n) is 10.8. The average molecular weight is 619 g/mol. The molecule has 0 nitrogen and oxygen atoms in total. The van der Waals surface area contributed by atoms with Gasteiger partial charge in [-0.05, 0) is 55.5 Å². The van der Waals surface area contributed by atoms with E-state index in [2.05, 4.69) is 155 Å². The lowest BCUT2D eigenvalue weighted by atomic mass is 9.97. The first-order valence-electron chi connectivity index (χ1n) is 16.5. The summed E-state index contributed by atoms with van der Waals surface area (Å²) in [7, 11) is -3.75. The molecule has 3 heteroatoms. The van der Waals surface area contributed by atoms with Crippen LogP contribution >= 0.6 is 11.3 Å². The van der Waals surface area contributed by atoms with Gasteiger partial charge in [-0.3, -0.25) is 0 Å². The van der Waals surface area contributed by atoms with Crippen LogP contribution in [0.1, 0.15) is 94.2 Å². The zero-order chi connectivity index (χ0) is 31.4. The summed E-state index contributed by atoms with van der Waals surface area (Å²) >= 11 is 1.94. The van der Waals surface area contributed by atoms with Gasteiger partial charge in [0.15, 0.2) is 0 Å². The summed E-state index contributed by atoms with van der Waals surface area (Å²) in [5.74, 6) is 7.82. The van der Waals surface area contributed by atoms with Crippen molar-refractivity contribution in [1.29, 1.82) is 0 Å². The van der Waals surface area contributed by atoms with Gasteiger partial charge in [0.05, 0.1) is 9.06 Å². The van der Waals surface area contributed by atoms with E-state index in [0.717, 1.165) is 0 Å². The van der Waals surface area contributed by atoms with Crippen molar-refractivity contribution in [3.05, 3.63) is 68.7 Å². The van der Waals surface area contributed by atoms with Gasteiger partial charge in [-0.15, -0.1) is 22.4 Å². The minimum absolute atomic E-state index is 0.611. The van der Waals surface area contributed by atoms with E-state index in [1.807, 2.05) is 11.3 Å². The Morgan fingerprint density at radius 3 is 1.00 bits per heavy atom. The van der Waals surface area contributed by atoms with Crippen molar-refractivity contribution in [2.45, 2.75) is 116 Å². The second kappa shape index (κ2) is 11.7. The van der Waals surface area contributed by atoms with Crippen molar-refractivity contribution in [1.82, 2.24) is 0 Å². The SMILES string of the molecule is CC(C)[Si](C#CC1=c2sc3c(c2-c2ccccc21)-c1ccccc1C=3C#C[Si](C(C)C)(C(C)C)C(C)C)(C(C)C)C(C)C. The van der Waals surface area contributed by atoms with E-state index < -0.39 is 16.1 Å². The highest BCUT2D eigenvalue weighted by Crippen LogP contribution is 2.45. The smallest absolute Gasteiger partial charge is 0.132 e. The van der Waals surface area contributed by atoms with E-state index in [0.29, 0.717) is 33.2 Å². The van der Waals surface area contributed by atoms with Crippen LogP contribution in [0.15, 0.2) is 48.5 Å². The molecule has 0 fully saturated rings. The molecule has 0 saturated carbocycles. The van der Waals surface area contributed by atoms with Crippen molar-refractivity contribution in [2.24, 2.45) is 0 Å². The number of hydrogen-bond acceptors (Lipinski definition) is 1. The van der Waals surface area contributed by atoms with Gasteiger partial charge in [0, 0.05) is 22.3 Å². The number of hydrogen-bond donors (Lipinski definition) is 0. The third-order valence-corrected chi connectivity index (χ3v) is 24.6. The predicted octanol–water partition coefficient (Wildman–Crippen LogP) is 10.5. The molecule has 0 spiro atoms. The fourth-order valence-electron chi connectivity index (χ4n) is 8.84. The van der Waals surface area contributed by atoms with Crippen molar-refractivity contribution < 1.29 is 0 Å². The van der Waals surface area contributed by atoms with E-state index in [1.165, 1.54) is 53.6 Å². The van der Waals surface area contributed by atoms with Gasteiger partial charge in [-0.2, -0.15) is 0 Å². The van der Waals surface area contributed by atoms with Gasteiger partial charge in [0.2, 0.25) is 0 Å². The maximum Gasteiger partial charge on any atom is 0.146 e. The number of benzene rings is 2. The zero-order valence-electron chi connectivity index (χ0n) is 28.5. The highest BCUT2D eigenvalue weighted by atomic mass is 32.1. The summed E-state index contributed by atoms with van der Waals surface area (Å²) in [5, 5.41) is 0. The van der Waals surface area contributed by atoms with Gasteiger partial charge in [0.1, 0.15) is 16.1 Å². The van der Waals surface area contributed by atoms with Crippen molar-refractivity contribution >= 4 is 38.6 Å². The van der Waals surface area contributed by atoms with E-state index in [4.69, 9.17) is 0 Å². The number of rotatable bonds is 6. The molecule has 1 aromatic heterocycles. The fraction of sp³-hybridized carbons (Fsp3) is 0.450. The molecule has 2 aliphatic carbocycles. The number of fused-ring (bicyclic) bond motifs is 7. The maximum absolute atomic E-state index is 4.06. The molecule has 43 heavy (non-hydrogen) atoms. The molecule has 0 unspecified atom stereocenters. The second-order valence-corrected chi connectivity index (χ2v) is 26.8. The molecule has 1 heterocycles. The highest BCUT2D eigenvalue weighted by Gasteiger charge is 2.43. The molecule has 3 aromatic rings. The van der Waals surface area contributed by atoms with Crippen LogP contribution in [0.5, 0.6) is 0 Å². The Morgan fingerprint density at radius 2 is 0.721 bits per heavy atom. The fourth-order valence-corrected chi connectivity index (χ4v) is 20.6. The topological polar surface area (TPSA) is 0 Å². The highest BCUT2D eigenvalue weighted by molar-refractivity contribution is 7.09. The zero-order valence-corrected chi connectivity index (χ0v) is 31.3. The van der Waals surface area contributed by atoms with Crippen LogP contribution in [0.2, 0.25) is 33.2 Å². The Bertz CT molecular complexity index is 1630. The molecule has 0 saturated heterocycles. The minimum atomic E-state index is -1.88. The lowest BCUT2D eigenvalue weighted by molar-refractivity contribution is 0.838. The molecule has 2 aromatic carbocycles. The molecule has 0 atom stereocenters. The lowest BCUT2D eigenvalue weighted by Gasteiger charge is -2.38. The summed E-state index contributed by atoms with van der Waals surface area (Å²) in [6, 6.07) is 18.0. The standard InChI is InChI=1S/C40H50SSi2/c1-25(2)42(26(3)4,27(5)6)23-21-35-31-17-13-15-19-33(31)37-38-34-20-16-14-18-32(34)36(40(38)41-39(35)37)22-24-43(28(7)8,29(9)10)30(11)12/h13-20,25-30H,1-12H3. The van der Waals surface area contributed by atoms with Crippen molar-refractivity contribution in [3.63, 3.8) is 0 Å². The van der Waals surface area contributed by atoms with E-state index in [9.17, 15) is 0 Å². The van der Waals surface area contributed by atoms with Crippen LogP contribution < -0.4 is 9.06 Å². The Kier molecular flexibility index (Phi) is 8.70. The van der Waals surface area contributed by atoms with Gasteiger partial charge >= 0.3 is 0 Å². The summed E-state index contributed by atoms with van der Waals surface area (Å²) < 4.78 is 2.71. The molecule has 0 N–H and O–H groups in total. The van der Waals surface area contributed by atoms with Gasteiger partial charge < -0.3 is 0 Å². The summed E-state index contributed by atoms with van der Waals surface area (Å²) in [6.45, 7) is 28.9. The summed E-state index contributed by atoms with van der Waals surface area (Å²) in [4.78, 5) is 0. The minimum Gasteiger partial charge on any atom is -0.132 e. The Morgan fingerprint density at radius 1 is 0.442 bits per heavy atom. The summed E-state index contributed by atoms with van der Waals surface area (Å²) in [5.41, 5.74) is 22.3. The normalized spacial score (nSPS) is 13.9. The quantitative estimate of drug-likeness (QED) is 0.190. The van der Waals surface area contributed by atoms with Crippen LogP contribution in [-0.2, 0) is 0 Å². The monoisotopic (exact) mass is 618 g/mol. The molecule has 224 valence electrons. The van der Waals surface area contributed by atoms with Crippen molar-refractivity contribution in [2.75, 3.05) is 0 Å². The Labute approximate surface area is 267 Å². The van der Waals surface area contributed by atoms with Crippen LogP contribution in [-0.4, -0.2) is 16.1 Å². The van der Waals surface area contributed by atoms with Gasteiger partial charge in [-0.1, -0.05) is 143 Å². The predicted molar refractivity (Wildman–Crippen MR) is 197 cm³/mol. The molecular formula is C40H50SSi2. The Hall–Kier alpha value is -2.57. The van der Waals surface area contributed by atoms with Crippen molar-refractivity contribution in [3.8, 4) is 45.2 Å². The lowest BCUT2D eigenvalue weighted by Crippen LogP contribution is -2.43. The average Bonchev–Trinajstić information content (AvgIpc) is 3.55. The van der Waals surface area contributed by atoms with Crippen LogP contribution in [0.4, 0.5) is 0 Å². The molecule has 0 amide bonds. The maximum atomic E-state index is 4.06. The third kappa shape index (κ3) is 4.79. The number of thiophene rings is 1. The van der Waals surface area contributed by atoms with Gasteiger partial charge in [-0.25, -0.2) is 0 Å².